The summed E-state index contributed by atoms with van der Waals surface area (Å²) >= 11 is 0. The van der Waals surface area contributed by atoms with Crippen LogP contribution in [0.4, 0.5) is 0 Å². The van der Waals surface area contributed by atoms with Crippen LogP contribution in [0.1, 0.15) is 6.92 Å². The van der Waals surface area contributed by atoms with Crippen molar-refractivity contribution in [1.29, 1.82) is 0 Å². The highest BCUT2D eigenvalue weighted by Gasteiger charge is 2.40. The number of rotatable bonds is 5. The lowest BCUT2D eigenvalue weighted by molar-refractivity contribution is 1.00. The topological polar surface area (TPSA) is 0 Å². The van der Waals surface area contributed by atoms with Gasteiger partial charge in [0.25, 0.3) is 0 Å². The van der Waals surface area contributed by atoms with Gasteiger partial charge in [0.2, 0.25) is 0 Å². The second-order valence-corrected chi connectivity index (χ2v) is 11.3. The van der Waals surface area contributed by atoms with Crippen molar-refractivity contribution in [3.63, 3.8) is 0 Å². The summed E-state index contributed by atoms with van der Waals surface area (Å²) in [5, 5.41) is 8.30. The number of hydrogen-bond donors (Lipinski definition) is 0. The predicted octanol–water partition coefficient (Wildman–Crippen LogP) is 6.86. The molecule has 0 aliphatic heterocycles. The molecule has 0 bridgehead atoms. The van der Waals surface area contributed by atoms with Crippen molar-refractivity contribution < 1.29 is 0 Å². The lowest BCUT2D eigenvalue weighted by Gasteiger charge is -2.33. The van der Waals surface area contributed by atoms with Gasteiger partial charge < -0.3 is 0 Å². The van der Waals surface area contributed by atoms with Crippen molar-refractivity contribution in [1.82, 2.24) is 0 Å². The van der Waals surface area contributed by atoms with Crippen LogP contribution in [0, 0.1) is 30.8 Å². The Labute approximate surface area is 183 Å². The van der Waals surface area contributed by atoms with Gasteiger partial charge in [-0.1, -0.05) is 91.9 Å². The summed E-state index contributed by atoms with van der Waals surface area (Å²) < 4.78 is 0. The van der Waals surface area contributed by atoms with Crippen LogP contribution in [-0.2, 0) is 0 Å². The molecule has 0 aromatic heterocycles. The molecule has 0 N–H and O–H groups in total. The first-order valence-corrected chi connectivity index (χ1v) is 13.4. The van der Waals surface area contributed by atoms with Crippen molar-refractivity contribution in [3.05, 3.63) is 116 Å². The van der Waals surface area contributed by atoms with E-state index in [2.05, 4.69) is 118 Å². The monoisotopic (exact) mass is 423 g/mol. The minimum Gasteiger partial charge on any atom is -0.122 e. The molecule has 4 aromatic rings. The van der Waals surface area contributed by atoms with E-state index in [4.69, 9.17) is 0 Å². The van der Waals surface area contributed by atoms with Gasteiger partial charge in [-0.05, 0) is 77.6 Å². The van der Waals surface area contributed by atoms with Gasteiger partial charge >= 0.3 is 0 Å². The number of benzene rings is 4. The van der Waals surface area contributed by atoms with Crippen molar-refractivity contribution in [2.45, 2.75) is 12.6 Å². The summed E-state index contributed by atoms with van der Waals surface area (Å²) in [5.74, 6) is 1.52. The maximum Gasteiger partial charge on any atom is 0.0201 e. The molecular weight excluding hydrogens is 398 g/mol. The Bertz CT molecular complexity index is 1080. The third kappa shape index (κ3) is 3.60. The highest BCUT2D eigenvalue weighted by atomic mass is 31.1. The standard InChI is InChI=1S/C28H25P2/c1-20(29-2)23-16-9-19-26(23)30(27-17-7-12-21-10-3-5-14-24(21)27)28-18-8-13-22-11-4-6-15-25(22)28/h3-20,29H,1-2H3/t20-/m1/s1. The molecule has 1 fully saturated rings. The number of hydrogen-bond acceptors (Lipinski definition) is 0. The second-order valence-electron chi connectivity index (χ2n) is 7.71. The molecule has 0 spiro atoms. The van der Waals surface area contributed by atoms with E-state index < -0.39 is 7.92 Å². The molecule has 1 aliphatic carbocycles. The lowest BCUT2D eigenvalue weighted by Crippen LogP contribution is -2.23. The van der Waals surface area contributed by atoms with Crippen LogP contribution in [0.25, 0.3) is 21.5 Å². The van der Waals surface area contributed by atoms with E-state index in [-0.39, 0.29) is 0 Å². The Morgan fingerprint density at radius 3 is 1.77 bits per heavy atom. The average molecular weight is 423 g/mol. The fraction of sp³-hybridized carbons (Fsp3) is 0.107. The third-order valence-electron chi connectivity index (χ3n) is 5.98. The molecule has 0 amide bonds. The summed E-state index contributed by atoms with van der Waals surface area (Å²) in [6.07, 6.45) is 6.98. The van der Waals surface area contributed by atoms with Gasteiger partial charge in [-0.3, -0.25) is 0 Å². The minimum absolute atomic E-state index is 0.588. The summed E-state index contributed by atoms with van der Waals surface area (Å²) in [4.78, 5) is 0. The van der Waals surface area contributed by atoms with E-state index in [1.807, 2.05) is 0 Å². The first kappa shape index (κ1) is 20.2. The van der Waals surface area contributed by atoms with E-state index in [1.54, 1.807) is 0 Å². The molecule has 4 aromatic carbocycles. The normalized spacial score (nSPS) is 17.0. The van der Waals surface area contributed by atoms with Crippen LogP contribution in [0.5, 0.6) is 0 Å². The zero-order chi connectivity index (χ0) is 20.5. The largest absolute Gasteiger partial charge is 0.122 e. The van der Waals surface area contributed by atoms with Gasteiger partial charge in [-0.15, -0.1) is 8.58 Å². The zero-order valence-corrected chi connectivity index (χ0v) is 19.2. The van der Waals surface area contributed by atoms with Crippen LogP contribution in [-0.4, -0.2) is 12.3 Å². The molecule has 1 saturated carbocycles. The Morgan fingerprint density at radius 1 is 0.667 bits per heavy atom. The smallest absolute Gasteiger partial charge is 0.0201 e. The van der Waals surface area contributed by atoms with Crippen molar-refractivity contribution in [2.75, 3.05) is 6.66 Å². The van der Waals surface area contributed by atoms with Crippen molar-refractivity contribution in [2.24, 2.45) is 0 Å². The van der Waals surface area contributed by atoms with Crippen LogP contribution < -0.4 is 10.6 Å². The van der Waals surface area contributed by atoms with E-state index in [0.29, 0.717) is 5.66 Å². The molecule has 1 unspecified atom stereocenters. The van der Waals surface area contributed by atoms with Gasteiger partial charge in [-0.25, -0.2) is 0 Å². The molecule has 0 heterocycles. The lowest BCUT2D eigenvalue weighted by atomic mass is 10.0. The fourth-order valence-corrected chi connectivity index (χ4v) is 7.93. The molecule has 0 saturated heterocycles. The molecule has 1 aliphatic rings. The molecule has 2 atom stereocenters. The van der Waals surface area contributed by atoms with Crippen LogP contribution in [0.3, 0.4) is 0 Å². The van der Waals surface area contributed by atoms with Gasteiger partial charge in [0.05, 0.1) is 0 Å². The van der Waals surface area contributed by atoms with E-state index >= 15 is 0 Å². The van der Waals surface area contributed by atoms with Crippen molar-refractivity contribution >= 4 is 48.7 Å². The molecule has 5 radical (unpaired) electrons. The average Bonchev–Trinajstić information content (AvgIpc) is 3.28. The van der Waals surface area contributed by atoms with Crippen LogP contribution in [0.15, 0.2) is 84.9 Å². The summed E-state index contributed by atoms with van der Waals surface area (Å²) in [5.41, 5.74) is 2.10. The zero-order valence-electron chi connectivity index (χ0n) is 17.3. The Balaban J connectivity index is 1.76. The Hall–Kier alpha value is -1.74. The fourth-order valence-electron chi connectivity index (χ4n) is 4.35. The molecule has 147 valence electrons. The predicted molar refractivity (Wildman–Crippen MR) is 137 cm³/mol. The molecule has 2 heteroatoms. The van der Waals surface area contributed by atoms with E-state index in [1.165, 1.54) is 43.7 Å². The maximum atomic E-state index is 2.38. The SMILES string of the molecule is CP[C@H](C)[C]1[CH][CH][CH][C]1P(c1cccc2ccccc12)c1cccc2ccccc12. The summed E-state index contributed by atoms with van der Waals surface area (Å²) in [7, 11) is 0.240. The third-order valence-corrected chi connectivity index (χ3v) is 9.79. The van der Waals surface area contributed by atoms with Gasteiger partial charge in [0.1, 0.15) is 0 Å². The first-order chi connectivity index (χ1) is 14.8. The highest BCUT2D eigenvalue weighted by molar-refractivity contribution is 7.77. The van der Waals surface area contributed by atoms with E-state index in [9.17, 15) is 0 Å². The van der Waals surface area contributed by atoms with Crippen molar-refractivity contribution in [3.8, 4) is 0 Å². The Morgan fingerprint density at radius 2 is 1.20 bits per heavy atom. The Kier molecular flexibility index (Phi) is 5.91. The molecule has 30 heavy (non-hydrogen) atoms. The first-order valence-electron chi connectivity index (χ1n) is 10.5. The highest BCUT2D eigenvalue weighted by Crippen LogP contribution is 2.59. The number of fused-ring (bicyclic) bond motifs is 2. The quantitative estimate of drug-likeness (QED) is 0.308. The maximum absolute atomic E-state index is 2.38. The van der Waals surface area contributed by atoms with Gasteiger partial charge in [-0.2, -0.15) is 0 Å². The van der Waals surface area contributed by atoms with Gasteiger partial charge in [0.15, 0.2) is 0 Å². The summed E-state index contributed by atoms with van der Waals surface area (Å²) in [6.45, 7) is 4.69. The molecular formula is C28H25P2. The summed E-state index contributed by atoms with van der Waals surface area (Å²) in [6, 6.07) is 31.3. The minimum atomic E-state index is -0.663. The molecule has 0 nitrogen and oxygen atoms in total. The van der Waals surface area contributed by atoms with Crippen LogP contribution in [0.2, 0.25) is 0 Å². The second kappa shape index (κ2) is 8.78. The van der Waals surface area contributed by atoms with E-state index in [0.717, 1.165) is 8.58 Å². The van der Waals surface area contributed by atoms with Crippen LogP contribution >= 0.6 is 16.5 Å². The van der Waals surface area contributed by atoms with Gasteiger partial charge in [0, 0.05) is 5.66 Å². The molecule has 5 rings (SSSR count).